The van der Waals surface area contributed by atoms with E-state index >= 15 is 0 Å². The summed E-state index contributed by atoms with van der Waals surface area (Å²) in [6, 6.07) is 0.660. The Morgan fingerprint density at radius 2 is 1.95 bits per heavy atom. The van der Waals surface area contributed by atoms with Crippen molar-refractivity contribution in [3.05, 3.63) is 0 Å². The predicted octanol–water partition coefficient (Wildman–Crippen LogP) is 3.06. The summed E-state index contributed by atoms with van der Waals surface area (Å²) < 4.78 is 6.03. The average molecular weight is 312 g/mol. The summed E-state index contributed by atoms with van der Waals surface area (Å²) in [4.78, 5) is 12.3. The Kier molecular flexibility index (Phi) is 4.99. The molecular formula is C16H28N2O2S. The molecule has 21 heavy (non-hydrogen) atoms. The Hall–Kier alpha value is -0.420. The van der Waals surface area contributed by atoms with Crippen molar-refractivity contribution in [2.24, 2.45) is 0 Å². The molecule has 2 N–H and O–H groups in total. The fraction of sp³-hybridized carbons (Fsp3) is 0.938. The highest BCUT2D eigenvalue weighted by Gasteiger charge is 2.40. The summed E-state index contributed by atoms with van der Waals surface area (Å²) >= 11 is 1.88. The van der Waals surface area contributed by atoms with Crippen molar-refractivity contribution in [2.75, 3.05) is 12.9 Å². The van der Waals surface area contributed by atoms with Crippen LogP contribution in [0.4, 0.5) is 4.79 Å². The highest BCUT2D eigenvalue weighted by Crippen LogP contribution is 2.40. The molecule has 3 aliphatic rings. The van der Waals surface area contributed by atoms with Crippen molar-refractivity contribution in [3.63, 3.8) is 0 Å². The third-order valence-electron chi connectivity index (χ3n) is 5.41. The van der Waals surface area contributed by atoms with Crippen LogP contribution in [0.2, 0.25) is 0 Å². The first kappa shape index (κ1) is 15.5. The van der Waals surface area contributed by atoms with Crippen LogP contribution < -0.4 is 10.6 Å². The van der Waals surface area contributed by atoms with E-state index in [2.05, 4.69) is 16.9 Å². The quantitative estimate of drug-likeness (QED) is 0.842. The summed E-state index contributed by atoms with van der Waals surface area (Å²) in [6.07, 6.45) is 12.6. The van der Waals surface area contributed by atoms with Crippen LogP contribution in [0.1, 0.15) is 57.8 Å². The van der Waals surface area contributed by atoms with Gasteiger partial charge in [0.15, 0.2) is 0 Å². The molecule has 4 nitrogen and oxygen atoms in total. The Morgan fingerprint density at radius 1 is 1.14 bits per heavy atom. The van der Waals surface area contributed by atoms with Crippen LogP contribution in [0.5, 0.6) is 0 Å². The molecule has 2 saturated carbocycles. The molecule has 3 rings (SSSR count). The molecular weight excluding hydrogens is 284 g/mol. The van der Waals surface area contributed by atoms with Crippen molar-refractivity contribution < 1.29 is 9.53 Å². The predicted molar refractivity (Wildman–Crippen MR) is 86.8 cm³/mol. The Morgan fingerprint density at radius 3 is 2.71 bits per heavy atom. The van der Waals surface area contributed by atoms with Gasteiger partial charge in [0.05, 0.1) is 5.60 Å². The van der Waals surface area contributed by atoms with E-state index in [1.54, 1.807) is 0 Å². The summed E-state index contributed by atoms with van der Waals surface area (Å²) in [7, 11) is 0. The number of urea groups is 1. The normalized spacial score (nSPS) is 35.0. The van der Waals surface area contributed by atoms with Gasteiger partial charge in [0.25, 0.3) is 0 Å². The molecule has 3 fully saturated rings. The molecule has 3 atom stereocenters. The number of ether oxygens (including phenoxy) is 1. The standard InChI is InChI=1S/C16H28N2O2S/c1-21-14-6-4-5-13(14)18-15(19)17-12-7-10-20-16(11-12)8-2-3-9-16/h12-14H,2-11H2,1H3,(H2,17,18,19)/t12-,13-,14-/m1/s1. The number of hydrogen-bond donors (Lipinski definition) is 2. The molecule has 1 heterocycles. The molecule has 0 radical (unpaired) electrons. The fourth-order valence-electron chi connectivity index (χ4n) is 4.29. The van der Waals surface area contributed by atoms with Gasteiger partial charge in [-0.25, -0.2) is 4.79 Å². The second-order valence-electron chi connectivity index (χ2n) is 6.86. The first-order chi connectivity index (χ1) is 10.2. The van der Waals surface area contributed by atoms with Gasteiger partial charge in [0, 0.05) is 23.9 Å². The lowest BCUT2D eigenvalue weighted by Crippen LogP contribution is -2.52. The van der Waals surface area contributed by atoms with Crippen molar-refractivity contribution in [2.45, 2.75) is 80.7 Å². The second-order valence-corrected chi connectivity index (χ2v) is 7.93. The van der Waals surface area contributed by atoms with Gasteiger partial charge in [0.1, 0.15) is 0 Å². The van der Waals surface area contributed by atoms with Crippen LogP contribution in [0.3, 0.4) is 0 Å². The average Bonchev–Trinajstić information content (AvgIpc) is 3.08. The van der Waals surface area contributed by atoms with E-state index in [0.29, 0.717) is 11.3 Å². The Balaban J connectivity index is 1.48. The van der Waals surface area contributed by atoms with Crippen molar-refractivity contribution in [3.8, 4) is 0 Å². The smallest absolute Gasteiger partial charge is 0.315 e. The maximum absolute atomic E-state index is 12.3. The second kappa shape index (κ2) is 6.78. The van der Waals surface area contributed by atoms with Gasteiger partial charge in [-0.3, -0.25) is 0 Å². The maximum atomic E-state index is 12.3. The number of hydrogen-bond acceptors (Lipinski definition) is 3. The maximum Gasteiger partial charge on any atom is 0.315 e. The monoisotopic (exact) mass is 312 g/mol. The van der Waals surface area contributed by atoms with Crippen LogP contribution in [0.25, 0.3) is 0 Å². The zero-order valence-electron chi connectivity index (χ0n) is 13.0. The molecule has 5 heteroatoms. The van der Waals surface area contributed by atoms with E-state index in [9.17, 15) is 4.79 Å². The number of nitrogens with one attached hydrogen (secondary N) is 2. The number of amides is 2. The molecule has 1 saturated heterocycles. The van der Waals surface area contributed by atoms with E-state index in [-0.39, 0.29) is 17.7 Å². The van der Waals surface area contributed by atoms with Gasteiger partial charge in [-0.1, -0.05) is 19.3 Å². The van der Waals surface area contributed by atoms with Crippen molar-refractivity contribution in [1.29, 1.82) is 0 Å². The van der Waals surface area contributed by atoms with Gasteiger partial charge < -0.3 is 15.4 Å². The topological polar surface area (TPSA) is 50.4 Å². The highest BCUT2D eigenvalue weighted by molar-refractivity contribution is 7.99. The van der Waals surface area contributed by atoms with E-state index in [4.69, 9.17) is 4.74 Å². The van der Waals surface area contributed by atoms with E-state index in [1.165, 1.54) is 38.5 Å². The van der Waals surface area contributed by atoms with E-state index < -0.39 is 0 Å². The molecule has 120 valence electrons. The van der Waals surface area contributed by atoms with E-state index in [1.807, 2.05) is 11.8 Å². The minimum atomic E-state index is 0.0287. The SMILES string of the molecule is CS[C@@H]1CCC[C@H]1NC(=O)N[C@@H]1CCOC2(CCCC2)C1. The van der Waals surface area contributed by atoms with Gasteiger partial charge in [-0.15, -0.1) is 0 Å². The summed E-state index contributed by atoms with van der Waals surface area (Å²) in [5.74, 6) is 0. The summed E-state index contributed by atoms with van der Waals surface area (Å²) in [5.41, 5.74) is 0.0748. The van der Waals surface area contributed by atoms with Crippen LogP contribution in [-0.2, 0) is 4.74 Å². The van der Waals surface area contributed by atoms with Gasteiger partial charge in [-0.05, 0) is 44.8 Å². The lowest BCUT2D eigenvalue weighted by atomic mass is 9.89. The molecule has 1 aliphatic heterocycles. The molecule has 0 aromatic carbocycles. The molecule has 0 unspecified atom stereocenters. The zero-order chi connectivity index (χ0) is 14.7. The fourth-order valence-corrected chi connectivity index (χ4v) is 5.22. The molecule has 0 bridgehead atoms. The van der Waals surface area contributed by atoms with E-state index in [0.717, 1.165) is 25.9 Å². The third kappa shape index (κ3) is 3.67. The summed E-state index contributed by atoms with van der Waals surface area (Å²) in [5, 5.41) is 6.99. The van der Waals surface area contributed by atoms with Gasteiger partial charge >= 0.3 is 6.03 Å². The largest absolute Gasteiger partial charge is 0.375 e. The number of rotatable bonds is 3. The number of carbonyl (C=O) groups excluding carboxylic acids is 1. The lowest BCUT2D eigenvalue weighted by Gasteiger charge is -2.38. The Bertz CT molecular complexity index is 371. The van der Waals surface area contributed by atoms with Crippen molar-refractivity contribution in [1.82, 2.24) is 10.6 Å². The molecule has 1 spiro atoms. The van der Waals surface area contributed by atoms with Crippen LogP contribution >= 0.6 is 11.8 Å². The van der Waals surface area contributed by atoms with Gasteiger partial charge in [-0.2, -0.15) is 11.8 Å². The highest BCUT2D eigenvalue weighted by atomic mass is 32.2. The van der Waals surface area contributed by atoms with Crippen molar-refractivity contribution >= 4 is 17.8 Å². The summed E-state index contributed by atoms with van der Waals surface area (Å²) in [6.45, 7) is 0.793. The molecule has 2 amide bonds. The molecule has 2 aliphatic carbocycles. The third-order valence-corrected chi connectivity index (χ3v) is 6.58. The minimum absolute atomic E-state index is 0.0287. The van der Waals surface area contributed by atoms with Crippen LogP contribution in [0.15, 0.2) is 0 Å². The first-order valence-corrected chi connectivity index (χ1v) is 9.73. The minimum Gasteiger partial charge on any atom is -0.375 e. The van der Waals surface area contributed by atoms with Crippen LogP contribution in [-0.4, -0.2) is 41.8 Å². The number of thioether (sulfide) groups is 1. The first-order valence-electron chi connectivity index (χ1n) is 8.45. The van der Waals surface area contributed by atoms with Gasteiger partial charge in [0.2, 0.25) is 0 Å². The Labute approximate surface area is 132 Å². The number of carbonyl (C=O) groups is 1. The lowest BCUT2D eigenvalue weighted by molar-refractivity contribution is -0.0820. The molecule has 0 aromatic heterocycles. The zero-order valence-corrected chi connectivity index (χ0v) is 13.8. The van der Waals surface area contributed by atoms with Crippen LogP contribution in [0, 0.1) is 0 Å². The molecule has 0 aromatic rings.